The van der Waals surface area contributed by atoms with E-state index in [1.54, 1.807) is 0 Å². The van der Waals surface area contributed by atoms with Crippen molar-refractivity contribution in [2.45, 2.75) is 80.5 Å². The van der Waals surface area contributed by atoms with Crippen LogP contribution in [0.2, 0.25) is 0 Å². The smallest absolute Gasteiger partial charge is 0.252 e. The van der Waals surface area contributed by atoms with Gasteiger partial charge in [-0.05, 0) is 248 Å². The molecular weight excluding hydrogens is 1600 g/mol. The van der Waals surface area contributed by atoms with Gasteiger partial charge in [-0.2, -0.15) is 0 Å². The average Bonchev–Trinajstić information content (AvgIpc) is 1.70. The summed E-state index contributed by atoms with van der Waals surface area (Å²) in [7, 11) is 0. The van der Waals surface area contributed by atoms with Crippen molar-refractivity contribution < 1.29 is 0 Å². The van der Waals surface area contributed by atoms with Crippen LogP contribution in [0.5, 0.6) is 0 Å². The fourth-order valence-corrected chi connectivity index (χ4v) is 24.2. The Morgan fingerprint density at radius 2 is 0.481 bits per heavy atom. The molecule has 0 unspecified atom stereocenters. The molecule has 133 heavy (non-hydrogen) atoms. The summed E-state index contributed by atoms with van der Waals surface area (Å²) in [6.45, 7) is 1.61. The third kappa shape index (κ3) is 13.5. The Morgan fingerprint density at radius 3 is 0.857 bits per heavy atom. The lowest BCUT2D eigenvalue weighted by atomic mass is 9.33. The van der Waals surface area contributed by atoms with E-state index >= 15 is 0 Å². The molecule has 5 aliphatic rings. The second-order valence-corrected chi connectivity index (χ2v) is 37.0. The molecule has 3 nitrogen and oxygen atoms in total. The van der Waals surface area contributed by atoms with E-state index in [2.05, 4.69) is 488 Å². The molecule has 2 aliphatic carbocycles. The first kappa shape index (κ1) is 80.9. The van der Waals surface area contributed by atoms with E-state index in [0.717, 1.165) is 83.0 Å². The van der Waals surface area contributed by atoms with Crippen molar-refractivity contribution in [3.05, 3.63) is 551 Å². The fourth-order valence-electron chi connectivity index (χ4n) is 24.2. The Kier molecular flexibility index (Phi) is 21.0. The van der Waals surface area contributed by atoms with Crippen molar-refractivity contribution >= 4 is 62.9 Å². The van der Waals surface area contributed by atoms with Crippen LogP contribution in [0.1, 0.15) is 129 Å². The normalized spacial score (nSPS) is 13.9. The minimum atomic E-state index is -0.632. The first-order chi connectivity index (χ1) is 66.0. The topological polar surface area (TPSA) is 9.72 Å². The van der Waals surface area contributed by atoms with Gasteiger partial charge in [0.2, 0.25) is 0 Å². The fraction of sp³-hybridized carbons (Fsp3) is 0.116. The van der Waals surface area contributed by atoms with Crippen LogP contribution in [0, 0.1) is 0 Å². The Hall–Kier alpha value is -15.4. The highest BCUT2D eigenvalue weighted by molar-refractivity contribution is 7.00. The van der Waals surface area contributed by atoms with Crippen LogP contribution < -0.4 is 31.1 Å². The molecule has 0 saturated carbocycles. The summed E-state index contributed by atoms with van der Waals surface area (Å²) in [5.41, 5.74) is 44.7. The van der Waals surface area contributed by atoms with Crippen LogP contribution in [0.4, 0.5) is 39.8 Å². The second kappa shape index (κ2) is 34.5. The predicted octanol–water partition coefficient (Wildman–Crippen LogP) is 30.3. The molecule has 19 aromatic rings. The molecule has 0 amide bonds. The lowest BCUT2D eigenvalue weighted by molar-refractivity contribution is 0.641. The van der Waals surface area contributed by atoms with Gasteiger partial charge >= 0.3 is 0 Å². The van der Waals surface area contributed by atoms with Gasteiger partial charge in [-0.25, -0.2) is 0 Å². The van der Waals surface area contributed by atoms with Gasteiger partial charge in [0.15, 0.2) is 0 Å². The highest BCUT2D eigenvalue weighted by atomic mass is 15.2. The van der Waals surface area contributed by atoms with Crippen LogP contribution in [-0.2, 0) is 29.1 Å². The highest BCUT2D eigenvalue weighted by Crippen LogP contribution is 2.62. The number of rotatable bonds is 25. The first-order valence-electron chi connectivity index (χ1n) is 48.1. The molecule has 24 rings (SSSR count). The lowest BCUT2D eigenvalue weighted by Gasteiger charge is -2.48. The Labute approximate surface area is 783 Å². The molecule has 19 aromatic carbocycles. The van der Waals surface area contributed by atoms with E-state index in [9.17, 15) is 0 Å². The van der Waals surface area contributed by atoms with Gasteiger partial charge in [0.25, 0.3) is 6.71 Å². The summed E-state index contributed by atoms with van der Waals surface area (Å²) in [6, 6.07) is 180. The Bertz CT molecular complexity index is 7000. The molecule has 0 saturated heterocycles. The molecule has 0 N–H and O–H groups in total. The van der Waals surface area contributed by atoms with Crippen molar-refractivity contribution in [1.82, 2.24) is 0 Å². The van der Waals surface area contributed by atoms with Crippen LogP contribution in [0.25, 0.3) is 66.8 Å². The van der Waals surface area contributed by atoms with E-state index in [0.29, 0.717) is 0 Å². The molecule has 0 aromatic heterocycles. The summed E-state index contributed by atoms with van der Waals surface area (Å²) in [6.07, 6.45) is 10.5. The summed E-state index contributed by atoms with van der Waals surface area (Å²) < 4.78 is 0. The van der Waals surface area contributed by atoms with Crippen molar-refractivity contribution in [2.75, 3.05) is 27.8 Å². The summed E-state index contributed by atoms with van der Waals surface area (Å²) in [5.74, 6) is 0. The van der Waals surface area contributed by atoms with Crippen molar-refractivity contribution in [2.24, 2.45) is 0 Å². The number of anilines is 7. The third-order valence-corrected chi connectivity index (χ3v) is 30.0. The minimum absolute atomic E-state index is 0.0862. The summed E-state index contributed by atoms with van der Waals surface area (Å²) in [4.78, 5) is 8.20. The van der Waals surface area contributed by atoms with E-state index in [1.807, 2.05) is 0 Å². The molecule has 0 atom stereocenters. The zero-order valence-electron chi connectivity index (χ0n) is 74.9. The maximum atomic E-state index is 2.78. The van der Waals surface area contributed by atoms with Crippen molar-refractivity contribution in [3.8, 4) is 66.8 Å². The maximum Gasteiger partial charge on any atom is 0.252 e. The quantitative estimate of drug-likeness (QED) is 0.0417. The van der Waals surface area contributed by atoms with Gasteiger partial charge in [-0.1, -0.05) is 450 Å². The number of hydrogen-bond acceptors (Lipinski definition) is 3. The largest absolute Gasteiger partial charge is 0.342 e. The number of aryl methyl sites for hydroxylation is 2. The first-order valence-corrected chi connectivity index (χ1v) is 48.1. The van der Waals surface area contributed by atoms with Gasteiger partial charge < -0.3 is 14.7 Å². The van der Waals surface area contributed by atoms with E-state index in [-0.39, 0.29) is 6.71 Å². The zero-order valence-corrected chi connectivity index (χ0v) is 74.9. The number of para-hydroxylation sites is 2. The van der Waals surface area contributed by atoms with Gasteiger partial charge in [0, 0.05) is 35.8 Å². The average molecular weight is 1710 g/mol. The monoisotopic (exact) mass is 1700 g/mol. The van der Waals surface area contributed by atoms with Gasteiger partial charge in [0.05, 0.1) is 33.3 Å². The van der Waals surface area contributed by atoms with Crippen LogP contribution >= 0.6 is 0 Å². The van der Waals surface area contributed by atoms with Gasteiger partial charge in [-0.15, -0.1) is 0 Å². The molecule has 0 spiro atoms. The third-order valence-electron chi connectivity index (χ3n) is 30.0. The predicted molar refractivity (Wildman–Crippen MR) is 558 cm³/mol. The number of benzene rings is 19. The summed E-state index contributed by atoms with van der Waals surface area (Å²) >= 11 is 0. The Balaban J connectivity index is 0.594. The van der Waals surface area contributed by atoms with Crippen LogP contribution in [0.3, 0.4) is 0 Å². The number of fused-ring (bicyclic) bond motifs is 12. The standard InChI is InChI=1S/C129H102BN3/c1(13-49-93-51-31-33-65-106(93)97-75-79-110-108-67-35-37-69-112(108)127(116(110)85-97,99-53-19-7-20-54-99)100-55-21-8-22-56-100)3-43-83-131-122-81-77-95(91-45-15-5-16-46-91)87-118(122)130-119-88-96(92-47-17-6-18-48-92)78-82-123(119)132(125-90-105(89-124(131)126(125)130)133-120-73-41-39-71-114(120)129(103-61-27-11-28-62-103,104-63-29-12-30-64-104)115-72-40-42-74-121(115)133)84-44-4-2-14-50-94-52-32-34-66-107(94)98-76-80-111-109-68-36-38-70-113(109)128(117(111)86-98,101-57-23-9-24-58-101)102-59-25-10-26-60-102/h5-12,15-42,45-48,51-82,85-90H,1-4,13-14,43-44,49-50,83-84H2. The van der Waals surface area contributed by atoms with Gasteiger partial charge in [0.1, 0.15) is 0 Å². The number of hydrogen-bond donors (Lipinski definition) is 0. The van der Waals surface area contributed by atoms with Crippen molar-refractivity contribution in [3.63, 3.8) is 0 Å². The lowest BCUT2D eigenvalue weighted by Crippen LogP contribution is -2.62. The SMILES string of the molecule is c1ccc(-c2ccc3c(c2)B2c4cc(-c5ccccc5)ccc4N(CCCCCCc4ccccc4-c4ccc5c(c4)C(c4ccccc4)(c4ccccc4)c4ccccc4-5)c4cc(N5c6ccccc6C(c6ccccc6)(c6ccccc6)c6ccccc65)cc(c42)N3CCCCCCc2ccccc2-c2ccc3c(c2)C(c2ccccc2)(c2ccccc2)c2ccccc2-3)cc1. The zero-order chi connectivity index (χ0) is 88.2. The van der Waals surface area contributed by atoms with Gasteiger partial charge in [-0.3, -0.25) is 0 Å². The highest BCUT2D eigenvalue weighted by Gasteiger charge is 2.51. The number of nitrogens with zero attached hydrogens (tertiary/aromatic N) is 3. The molecule has 636 valence electrons. The van der Waals surface area contributed by atoms with Crippen LogP contribution in [-0.4, -0.2) is 19.8 Å². The second-order valence-electron chi connectivity index (χ2n) is 37.0. The molecular formula is C129H102BN3. The molecule has 0 fully saturated rings. The van der Waals surface area contributed by atoms with E-state index < -0.39 is 16.2 Å². The van der Waals surface area contributed by atoms with Crippen LogP contribution in [0.15, 0.2) is 473 Å². The van der Waals surface area contributed by atoms with Crippen molar-refractivity contribution in [1.29, 1.82) is 0 Å². The molecule has 3 aliphatic heterocycles. The number of unbranched alkanes of at least 4 members (excludes halogenated alkanes) is 6. The minimum Gasteiger partial charge on any atom is -0.342 e. The molecule has 4 heteroatoms. The maximum absolute atomic E-state index is 2.78. The molecule has 0 bridgehead atoms. The molecule has 3 heterocycles. The Morgan fingerprint density at radius 1 is 0.188 bits per heavy atom. The summed E-state index contributed by atoms with van der Waals surface area (Å²) in [5, 5.41) is 0. The van der Waals surface area contributed by atoms with E-state index in [1.165, 1.54) is 195 Å². The van der Waals surface area contributed by atoms with E-state index in [4.69, 9.17) is 0 Å². The molecule has 0 radical (unpaired) electrons.